The molecule has 6 heteroatoms. The van der Waals surface area contributed by atoms with Crippen molar-refractivity contribution in [3.63, 3.8) is 0 Å². The Labute approximate surface area is 98.0 Å². The number of aliphatic hydroxyl groups excluding tert-OH is 1. The monoisotopic (exact) mass is 247 g/mol. The van der Waals surface area contributed by atoms with Gasteiger partial charge in [-0.15, -0.1) is 0 Å². The minimum atomic E-state index is 0.0638. The summed E-state index contributed by atoms with van der Waals surface area (Å²) in [5, 5.41) is 12.9. The van der Waals surface area contributed by atoms with Gasteiger partial charge >= 0.3 is 0 Å². The zero-order valence-corrected chi connectivity index (χ0v) is 9.89. The molecule has 0 saturated heterocycles. The van der Waals surface area contributed by atoms with Crippen LogP contribution >= 0.6 is 23.3 Å². The Bertz CT molecular complexity index is 314. The molecule has 0 radical (unpaired) electrons. The van der Waals surface area contributed by atoms with E-state index in [4.69, 9.17) is 11.6 Å². The molecule has 1 heterocycles. The van der Waals surface area contributed by atoms with E-state index in [0.29, 0.717) is 16.9 Å². The molecule has 1 aliphatic rings. The highest BCUT2D eigenvalue weighted by Crippen LogP contribution is 2.30. The molecule has 2 N–H and O–H groups in total. The molecular formula is C9H14ClN3OS. The lowest BCUT2D eigenvalue weighted by molar-refractivity contribution is 0.238. The summed E-state index contributed by atoms with van der Waals surface area (Å²) in [5.74, 6) is 1.14. The van der Waals surface area contributed by atoms with Crippen LogP contribution in [0.4, 0.5) is 5.82 Å². The van der Waals surface area contributed by atoms with E-state index in [1.54, 1.807) is 0 Å². The molecule has 1 aliphatic carbocycles. The first-order chi connectivity index (χ1) is 7.31. The fraction of sp³-hybridized carbons (Fsp3) is 0.778. The number of hydrogen-bond donors (Lipinski definition) is 2. The second-order valence-corrected chi connectivity index (χ2v) is 4.77. The van der Waals surface area contributed by atoms with Crippen LogP contribution in [0.2, 0.25) is 5.15 Å². The molecule has 0 amide bonds. The van der Waals surface area contributed by atoms with Crippen LogP contribution in [0, 0.1) is 5.92 Å². The Balaban J connectivity index is 1.98. The number of rotatable bonds is 4. The topological polar surface area (TPSA) is 58.0 Å². The first-order valence-corrected chi connectivity index (χ1v) is 6.27. The highest BCUT2D eigenvalue weighted by Gasteiger charge is 2.25. The molecule has 2 rings (SSSR count). The molecule has 1 saturated carbocycles. The first kappa shape index (κ1) is 11.1. The van der Waals surface area contributed by atoms with E-state index in [2.05, 4.69) is 14.1 Å². The molecule has 0 aromatic carbocycles. The summed E-state index contributed by atoms with van der Waals surface area (Å²) in [6.07, 6.45) is 4.86. The van der Waals surface area contributed by atoms with E-state index >= 15 is 0 Å². The van der Waals surface area contributed by atoms with Gasteiger partial charge in [0.05, 0.1) is 24.4 Å². The van der Waals surface area contributed by atoms with Gasteiger partial charge in [-0.05, 0) is 18.8 Å². The summed E-state index contributed by atoms with van der Waals surface area (Å²) in [7, 11) is 0. The van der Waals surface area contributed by atoms with Crippen LogP contribution < -0.4 is 5.32 Å². The summed E-state index contributed by atoms with van der Waals surface area (Å²) in [6.45, 7) is 0.124. The number of halogens is 1. The van der Waals surface area contributed by atoms with Crippen molar-refractivity contribution in [2.45, 2.75) is 31.7 Å². The van der Waals surface area contributed by atoms with E-state index in [9.17, 15) is 5.11 Å². The van der Waals surface area contributed by atoms with Crippen molar-refractivity contribution in [3.8, 4) is 0 Å². The van der Waals surface area contributed by atoms with Crippen LogP contribution in [0.5, 0.6) is 0 Å². The van der Waals surface area contributed by atoms with Gasteiger partial charge in [-0.2, -0.15) is 8.75 Å². The summed E-state index contributed by atoms with van der Waals surface area (Å²) in [4.78, 5) is 0. The average Bonchev–Trinajstić information content (AvgIpc) is 2.86. The highest BCUT2D eigenvalue weighted by atomic mass is 35.5. The third kappa shape index (κ3) is 2.59. The van der Waals surface area contributed by atoms with Gasteiger partial charge in [0.2, 0.25) is 0 Å². The van der Waals surface area contributed by atoms with Crippen molar-refractivity contribution in [2.24, 2.45) is 5.92 Å². The van der Waals surface area contributed by atoms with E-state index in [1.807, 2.05) is 0 Å². The Morgan fingerprint density at radius 1 is 1.47 bits per heavy atom. The van der Waals surface area contributed by atoms with Crippen molar-refractivity contribution in [1.82, 2.24) is 8.75 Å². The smallest absolute Gasteiger partial charge is 0.186 e. The number of anilines is 1. The molecule has 0 bridgehead atoms. The molecule has 15 heavy (non-hydrogen) atoms. The number of nitrogens with zero attached hydrogens (tertiary/aromatic N) is 2. The zero-order valence-electron chi connectivity index (χ0n) is 8.32. The standard InChI is InChI=1S/C9H14ClN3OS/c10-8-9(13-15-12-8)11-7(5-14)6-3-1-2-4-6/h6-7,14H,1-5H2,(H,11,13). The second-order valence-electron chi connectivity index (χ2n) is 3.88. The molecule has 4 nitrogen and oxygen atoms in total. The molecule has 1 aromatic rings. The van der Waals surface area contributed by atoms with Crippen molar-refractivity contribution in [1.29, 1.82) is 0 Å². The second kappa shape index (κ2) is 5.09. The SMILES string of the molecule is OCC(Nc1nsnc1Cl)C1CCCC1. The van der Waals surface area contributed by atoms with Crippen LogP contribution in [0.15, 0.2) is 0 Å². The lowest BCUT2D eigenvalue weighted by Gasteiger charge is -2.22. The van der Waals surface area contributed by atoms with Crippen LogP contribution in [-0.4, -0.2) is 26.5 Å². The number of nitrogens with one attached hydrogen (secondary N) is 1. The fourth-order valence-electron chi connectivity index (χ4n) is 2.11. The van der Waals surface area contributed by atoms with Crippen LogP contribution in [-0.2, 0) is 0 Å². The maximum Gasteiger partial charge on any atom is 0.186 e. The van der Waals surface area contributed by atoms with Crippen LogP contribution in [0.3, 0.4) is 0 Å². The van der Waals surface area contributed by atoms with Crippen molar-refractivity contribution >= 4 is 29.1 Å². The Hall–Kier alpha value is -0.390. The van der Waals surface area contributed by atoms with Gasteiger partial charge in [-0.3, -0.25) is 0 Å². The third-order valence-electron chi connectivity index (χ3n) is 2.94. The van der Waals surface area contributed by atoms with Gasteiger partial charge in [-0.25, -0.2) is 0 Å². The highest BCUT2D eigenvalue weighted by molar-refractivity contribution is 6.99. The van der Waals surface area contributed by atoms with Crippen LogP contribution in [0.1, 0.15) is 25.7 Å². The number of hydrogen-bond acceptors (Lipinski definition) is 5. The lowest BCUT2D eigenvalue weighted by Crippen LogP contribution is -2.31. The van der Waals surface area contributed by atoms with Gasteiger partial charge < -0.3 is 10.4 Å². The van der Waals surface area contributed by atoms with Crippen molar-refractivity contribution < 1.29 is 5.11 Å². The Morgan fingerprint density at radius 2 is 2.20 bits per heavy atom. The average molecular weight is 248 g/mol. The first-order valence-electron chi connectivity index (χ1n) is 5.16. The van der Waals surface area contributed by atoms with E-state index < -0.39 is 0 Å². The van der Waals surface area contributed by atoms with E-state index in [-0.39, 0.29) is 12.6 Å². The summed E-state index contributed by atoms with van der Waals surface area (Å²) >= 11 is 6.93. The summed E-state index contributed by atoms with van der Waals surface area (Å²) in [5.41, 5.74) is 0. The third-order valence-corrected chi connectivity index (χ3v) is 3.83. The van der Waals surface area contributed by atoms with Gasteiger partial charge in [0.15, 0.2) is 11.0 Å². The van der Waals surface area contributed by atoms with E-state index in [0.717, 1.165) is 11.7 Å². The normalized spacial score (nSPS) is 19.3. The Kier molecular flexibility index (Phi) is 3.77. The molecule has 1 aromatic heterocycles. The molecule has 0 spiro atoms. The summed E-state index contributed by atoms with van der Waals surface area (Å²) in [6, 6.07) is 0.0638. The maximum absolute atomic E-state index is 9.33. The largest absolute Gasteiger partial charge is 0.394 e. The predicted molar refractivity (Wildman–Crippen MR) is 61.4 cm³/mol. The number of aliphatic hydroxyl groups is 1. The molecule has 0 aliphatic heterocycles. The quantitative estimate of drug-likeness (QED) is 0.856. The maximum atomic E-state index is 9.33. The lowest BCUT2D eigenvalue weighted by atomic mass is 9.99. The minimum absolute atomic E-state index is 0.0638. The zero-order chi connectivity index (χ0) is 10.7. The molecule has 1 unspecified atom stereocenters. The fourth-order valence-corrected chi connectivity index (χ4v) is 2.77. The van der Waals surface area contributed by atoms with Gasteiger partial charge in [-0.1, -0.05) is 24.4 Å². The van der Waals surface area contributed by atoms with Crippen LogP contribution in [0.25, 0.3) is 0 Å². The molecule has 1 atom stereocenters. The van der Waals surface area contributed by atoms with Crippen molar-refractivity contribution in [2.75, 3.05) is 11.9 Å². The van der Waals surface area contributed by atoms with Gasteiger partial charge in [0.25, 0.3) is 0 Å². The Morgan fingerprint density at radius 3 is 2.73 bits per heavy atom. The number of aromatic nitrogens is 2. The van der Waals surface area contributed by atoms with Gasteiger partial charge in [0, 0.05) is 0 Å². The molecule has 84 valence electrons. The van der Waals surface area contributed by atoms with Crippen molar-refractivity contribution in [3.05, 3.63) is 5.15 Å². The van der Waals surface area contributed by atoms with Gasteiger partial charge in [0.1, 0.15) is 0 Å². The van der Waals surface area contributed by atoms with E-state index in [1.165, 1.54) is 25.7 Å². The molecular weight excluding hydrogens is 234 g/mol. The summed E-state index contributed by atoms with van der Waals surface area (Å²) < 4.78 is 7.93. The predicted octanol–water partition coefficient (Wildman–Crippen LogP) is 2.15. The molecule has 1 fully saturated rings. The minimum Gasteiger partial charge on any atom is -0.394 e.